The van der Waals surface area contributed by atoms with Gasteiger partial charge in [0.05, 0.1) is 0 Å². The van der Waals surface area contributed by atoms with Gasteiger partial charge in [-0.05, 0) is 54.5 Å². The Morgan fingerprint density at radius 1 is 1.44 bits per heavy atom. The number of benzene rings is 1. The van der Waals surface area contributed by atoms with Crippen molar-refractivity contribution in [3.8, 4) is 0 Å². The van der Waals surface area contributed by atoms with Gasteiger partial charge in [-0.1, -0.05) is 0 Å². The zero-order chi connectivity index (χ0) is 11.4. The van der Waals surface area contributed by atoms with Crippen molar-refractivity contribution in [2.24, 2.45) is 0 Å². The summed E-state index contributed by atoms with van der Waals surface area (Å²) in [5.41, 5.74) is 2.88. The highest BCUT2D eigenvalue weighted by atomic mass is 32.2. The van der Waals surface area contributed by atoms with Crippen LogP contribution in [0.15, 0.2) is 23.1 Å². The van der Waals surface area contributed by atoms with Gasteiger partial charge in [0.25, 0.3) is 0 Å². The summed E-state index contributed by atoms with van der Waals surface area (Å²) in [6.07, 6.45) is 3.71. The van der Waals surface area contributed by atoms with E-state index < -0.39 is 0 Å². The maximum Gasteiger partial charge on any atom is 0.0367 e. The van der Waals surface area contributed by atoms with Crippen LogP contribution in [0.25, 0.3) is 0 Å². The molecule has 1 aromatic rings. The minimum Gasteiger partial charge on any atom is -0.375 e. The number of thiol groups is 1. The van der Waals surface area contributed by atoms with Crippen LogP contribution in [-0.2, 0) is 6.42 Å². The van der Waals surface area contributed by atoms with Crippen molar-refractivity contribution in [2.45, 2.75) is 24.2 Å². The third kappa shape index (κ3) is 2.89. The van der Waals surface area contributed by atoms with E-state index in [1.165, 1.54) is 34.7 Å². The predicted molar refractivity (Wildman–Crippen MR) is 77.2 cm³/mol. The van der Waals surface area contributed by atoms with Gasteiger partial charge in [-0.25, -0.2) is 0 Å². The van der Waals surface area contributed by atoms with E-state index in [9.17, 15) is 0 Å². The molecule has 88 valence electrons. The number of anilines is 1. The summed E-state index contributed by atoms with van der Waals surface area (Å²) in [7, 11) is 2.17. The van der Waals surface area contributed by atoms with Gasteiger partial charge in [0.15, 0.2) is 0 Å². The van der Waals surface area contributed by atoms with E-state index in [2.05, 4.69) is 42.8 Å². The second-order valence-corrected chi connectivity index (χ2v) is 5.83. The van der Waals surface area contributed by atoms with Gasteiger partial charge in [0.1, 0.15) is 0 Å². The quantitative estimate of drug-likeness (QED) is 0.818. The number of rotatable bonds is 4. The molecule has 3 heteroatoms. The van der Waals surface area contributed by atoms with Gasteiger partial charge in [-0.2, -0.15) is 12.6 Å². The molecule has 0 bridgehead atoms. The lowest BCUT2D eigenvalue weighted by atomic mass is 10.1. The van der Waals surface area contributed by atoms with Crippen molar-refractivity contribution in [1.82, 2.24) is 0 Å². The summed E-state index contributed by atoms with van der Waals surface area (Å²) in [6.45, 7) is 1.09. The van der Waals surface area contributed by atoms with Crippen LogP contribution in [0.4, 0.5) is 5.69 Å². The number of fused-ring (bicyclic) bond motifs is 1. The average molecular weight is 253 g/mol. The fourth-order valence-corrected chi connectivity index (χ4v) is 3.18. The molecule has 0 aromatic heterocycles. The Hall–Kier alpha value is -0.280. The molecule has 0 aliphatic carbocycles. The molecule has 0 atom stereocenters. The fraction of sp³-hybridized carbons (Fsp3) is 0.538. The van der Waals surface area contributed by atoms with Crippen molar-refractivity contribution in [2.75, 3.05) is 30.0 Å². The number of hydrogen-bond donors (Lipinski definition) is 1. The molecule has 16 heavy (non-hydrogen) atoms. The fourth-order valence-electron chi connectivity index (χ4n) is 2.02. The van der Waals surface area contributed by atoms with E-state index in [-0.39, 0.29) is 0 Å². The monoisotopic (exact) mass is 253 g/mol. The van der Waals surface area contributed by atoms with Gasteiger partial charge >= 0.3 is 0 Å². The highest BCUT2D eigenvalue weighted by Gasteiger charge is 2.11. The van der Waals surface area contributed by atoms with Crippen molar-refractivity contribution < 1.29 is 0 Å². The number of nitrogens with zero attached hydrogens (tertiary/aromatic N) is 1. The predicted octanol–water partition coefficient (Wildman–Crippen LogP) is 3.48. The van der Waals surface area contributed by atoms with Crippen LogP contribution >= 0.6 is 24.4 Å². The van der Waals surface area contributed by atoms with Crippen molar-refractivity contribution in [3.05, 3.63) is 23.8 Å². The first-order valence-electron chi connectivity index (χ1n) is 5.89. The largest absolute Gasteiger partial charge is 0.375 e. The Labute approximate surface area is 108 Å². The lowest BCUT2D eigenvalue weighted by Gasteiger charge is -2.22. The molecular weight excluding hydrogens is 234 g/mol. The Kier molecular flexibility index (Phi) is 4.47. The number of thioether (sulfide) groups is 1. The smallest absolute Gasteiger partial charge is 0.0367 e. The van der Waals surface area contributed by atoms with E-state index in [0.717, 1.165) is 18.7 Å². The van der Waals surface area contributed by atoms with Gasteiger partial charge < -0.3 is 4.90 Å². The lowest BCUT2D eigenvalue weighted by molar-refractivity contribution is 0.850. The molecule has 0 radical (unpaired) electrons. The molecule has 0 unspecified atom stereocenters. The molecular formula is C13H19NS2. The lowest BCUT2D eigenvalue weighted by Crippen LogP contribution is -2.19. The SMILES string of the molecule is CN(CCCS)c1ccc2c(c1)CCCS2. The van der Waals surface area contributed by atoms with Crippen LogP contribution in [0.3, 0.4) is 0 Å². The van der Waals surface area contributed by atoms with Crippen LogP contribution in [0, 0.1) is 0 Å². The van der Waals surface area contributed by atoms with Crippen molar-refractivity contribution >= 4 is 30.1 Å². The van der Waals surface area contributed by atoms with Crippen LogP contribution < -0.4 is 4.90 Å². The van der Waals surface area contributed by atoms with E-state index in [0.29, 0.717) is 0 Å². The molecule has 1 heterocycles. The zero-order valence-electron chi connectivity index (χ0n) is 9.78. The molecule has 1 aliphatic heterocycles. The molecule has 0 saturated carbocycles. The van der Waals surface area contributed by atoms with Crippen LogP contribution in [0.2, 0.25) is 0 Å². The summed E-state index contributed by atoms with van der Waals surface area (Å²) in [5.74, 6) is 2.24. The zero-order valence-corrected chi connectivity index (χ0v) is 11.5. The van der Waals surface area contributed by atoms with Crippen LogP contribution in [0.1, 0.15) is 18.4 Å². The highest BCUT2D eigenvalue weighted by molar-refractivity contribution is 7.99. The minimum atomic E-state index is 0.963. The second-order valence-electron chi connectivity index (χ2n) is 4.24. The first-order chi connectivity index (χ1) is 7.81. The van der Waals surface area contributed by atoms with Gasteiger partial charge in [0.2, 0.25) is 0 Å². The second kappa shape index (κ2) is 5.87. The van der Waals surface area contributed by atoms with Crippen molar-refractivity contribution in [1.29, 1.82) is 0 Å². The van der Waals surface area contributed by atoms with Crippen molar-refractivity contribution in [3.63, 3.8) is 0 Å². The first kappa shape index (κ1) is 12.2. The third-order valence-electron chi connectivity index (χ3n) is 2.98. The topological polar surface area (TPSA) is 3.24 Å². The van der Waals surface area contributed by atoms with E-state index in [1.807, 2.05) is 11.8 Å². The van der Waals surface area contributed by atoms with Crippen LogP contribution in [0.5, 0.6) is 0 Å². The summed E-state index contributed by atoms with van der Waals surface area (Å²) < 4.78 is 0. The minimum absolute atomic E-state index is 0.963. The Morgan fingerprint density at radius 3 is 3.12 bits per heavy atom. The molecule has 1 aliphatic rings. The molecule has 0 amide bonds. The Bertz CT molecular complexity index is 352. The van der Waals surface area contributed by atoms with Crippen LogP contribution in [-0.4, -0.2) is 25.1 Å². The first-order valence-corrected chi connectivity index (χ1v) is 7.51. The Morgan fingerprint density at radius 2 is 2.31 bits per heavy atom. The van der Waals surface area contributed by atoms with E-state index >= 15 is 0 Å². The molecule has 0 N–H and O–H groups in total. The molecule has 2 rings (SSSR count). The maximum atomic E-state index is 4.26. The normalized spacial score (nSPS) is 14.6. The molecule has 0 spiro atoms. The molecule has 1 aromatic carbocycles. The summed E-state index contributed by atoms with van der Waals surface area (Å²) in [4.78, 5) is 3.81. The highest BCUT2D eigenvalue weighted by Crippen LogP contribution is 2.32. The van der Waals surface area contributed by atoms with Gasteiger partial charge in [-0.3, -0.25) is 0 Å². The van der Waals surface area contributed by atoms with Gasteiger partial charge in [-0.15, -0.1) is 11.8 Å². The van der Waals surface area contributed by atoms with E-state index in [4.69, 9.17) is 0 Å². The number of aryl methyl sites for hydroxylation is 1. The van der Waals surface area contributed by atoms with Gasteiger partial charge in [0, 0.05) is 24.2 Å². The molecule has 1 nitrogen and oxygen atoms in total. The number of hydrogen-bond acceptors (Lipinski definition) is 3. The third-order valence-corrected chi connectivity index (χ3v) is 4.50. The maximum absolute atomic E-state index is 4.26. The molecule has 0 saturated heterocycles. The van der Waals surface area contributed by atoms with E-state index in [1.54, 1.807) is 0 Å². The summed E-state index contributed by atoms with van der Waals surface area (Å²) >= 11 is 6.25. The standard InChI is InChI=1S/C13H19NS2/c1-14(7-3-8-15)12-5-6-13-11(10-12)4-2-9-16-13/h5-6,10,15H,2-4,7-9H2,1H3. The summed E-state index contributed by atoms with van der Waals surface area (Å²) in [5, 5.41) is 0. The molecule has 0 fully saturated rings. The Balaban J connectivity index is 2.10. The average Bonchev–Trinajstić information content (AvgIpc) is 2.35. The summed E-state index contributed by atoms with van der Waals surface area (Å²) in [6, 6.07) is 6.89.